The van der Waals surface area contributed by atoms with Gasteiger partial charge in [-0.05, 0) is 75.4 Å². The molecular weight excluding hydrogens is 417 g/mol. The van der Waals surface area contributed by atoms with Gasteiger partial charge in [-0.2, -0.15) is 5.10 Å². The number of benzene rings is 1. The number of carboxylic acids is 1. The fourth-order valence-electron chi connectivity index (χ4n) is 3.99. The standard InChI is InChI=1S/C23H22FN3O3S/c1-13-11-16(12-25-26-21(28)15-7-9-17(24)10-8-15)14(2)27(13)22-20(23(29)30)18-5-3-4-6-19(18)31-22/h7-12H,3-6H2,1-2H3,(H,26,28)(H,29,30)/b25-12-. The number of hydrazone groups is 1. The summed E-state index contributed by atoms with van der Waals surface area (Å²) < 4.78 is 15.0. The fraction of sp³-hybridized carbons (Fsp3) is 0.261. The minimum absolute atomic E-state index is 0.305. The summed E-state index contributed by atoms with van der Waals surface area (Å²) >= 11 is 1.55. The number of carbonyl (C=O) groups is 2. The van der Waals surface area contributed by atoms with Crippen molar-refractivity contribution >= 4 is 29.4 Å². The third-order valence-corrected chi connectivity index (χ3v) is 6.79. The van der Waals surface area contributed by atoms with E-state index in [1.807, 2.05) is 24.5 Å². The number of aryl methyl sites for hydroxylation is 2. The van der Waals surface area contributed by atoms with E-state index in [2.05, 4.69) is 10.5 Å². The highest BCUT2D eigenvalue weighted by Gasteiger charge is 2.27. The second-order valence-electron chi connectivity index (χ2n) is 7.56. The summed E-state index contributed by atoms with van der Waals surface area (Å²) in [6, 6.07) is 7.11. The molecule has 0 aliphatic heterocycles. The van der Waals surface area contributed by atoms with Crippen LogP contribution in [-0.2, 0) is 12.8 Å². The highest BCUT2D eigenvalue weighted by molar-refractivity contribution is 7.15. The van der Waals surface area contributed by atoms with E-state index in [0.29, 0.717) is 11.1 Å². The number of nitrogens with one attached hydrogen (secondary N) is 1. The molecule has 6 nitrogen and oxygen atoms in total. The topological polar surface area (TPSA) is 83.7 Å². The highest BCUT2D eigenvalue weighted by atomic mass is 32.1. The van der Waals surface area contributed by atoms with Crippen molar-refractivity contribution in [3.05, 3.63) is 74.7 Å². The van der Waals surface area contributed by atoms with Crippen LogP contribution in [0.3, 0.4) is 0 Å². The van der Waals surface area contributed by atoms with Crippen molar-refractivity contribution in [1.29, 1.82) is 0 Å². The molecular formula is C23H22FN3O3S. The maximum Gasteiger partial charge on any atom is 0.339 e. The highest BCUT2D eigenvalue weighted by Crippen LogP contribution is 2.38. The number of rotatable bonds is 5. The van der Waals surface area contributed by atoms with Crippen LogP contribution in [0.1, 0.15) is 60.9 Å². The number of aromatic carboxylic acids is 1. The molecule has 160 valence electrons. The number of hydrogen-bond acceptors (Lipinski definition) is 4. The van der Waals surface area contributed by atoms with E-state index >= 15 is 0 Å². The van der Waals surface area contributed by atoms with Gasteiger partial charge < -0.3 is 9.67 Å². The molecule has 2 N–H and O–H groups in total. The Bertz CT molecular complexity index is 1190. The van der Waals surface area contributed by atoms with Crippen LogP contribution < -0.4 is 5.43 Å². The second kappa shape index (κ2) is 8.47. The Kier molecular flexibility index (Phi) is 5.73. The number of nitrogens with zero attached hydrogens (tertiary/aromatic N) is 2. The Morgan fingerprint density at radius 2 is 1.90 bits per heavy atom. The molecule has 0 saturated carbocycles. The van der Waals surface area contributed by atoms with Crippen molar-refractivity contribution in [2.45, 2.75) is 39.5 Å². The van der Waals surface area contributed by atoms with Crippen LogP contribution in [-0.4, -0.2) is 27.8 Å². The number of fused-ring (bicyclic) bond motifs is 1. The molecule has 0 bridgehead atoms. The van der Waals surface area contributed by atoms with Gasteiger partial charge in [0.05, 0.1) is 11.8 Å². The fourth-order valence-corrected chi connectivity index (χ4v) is 5.48. The minimum atomic E-state index is -0.899. The predicted molar refractivity (Wildman–Crippen MR) is 118 cm³/mol. The van der Waals surface area contributed by atoms with Crippen molar-refractivity contribution in [2.24, 2.45) is 5.10 Å². The molecule has 0 atom stereocenters. The summed E-state index contributed by atoms with van der Waals surface area (Å²) in [5, 5.41) is 14.6. The number of halogens is 1. The first kappa shape index (κ1) is 21.0. The largest absolute Gasteiger partial charge is 0.478 e. The van der Waals surface area contributed by atoms with Crippen LogP contribution in [0.25, 0.3) is 5.00 Å². The number of carboxylic acid groups (broad SMARTS) is 1. The van der Waals surface area contributed by atoms with E-state index < -0.39 is 17.7 Å². The lowest BCUT2D eigenvalue weighted by molar-refractivity contribution is 0.0695. The third-order valence-electron chi connectivity index (χ3n) is 5.52. The molecule has 3 aromatic rings. The van der Waals surface area contributed by atoms with Gasteiger partial charge in [-0.15, -0.1) is 11.3 Å². The van der Waals surface area contributed by atoms with Gasteiger partial charge >= 0.3 is 5.97 Å². The Balaban J connectivity index is 1.62. The molecule has 0 fully saturated rings. The van der Waals surface area contributed by atoms with Crippen LogP contribution in [0.5, 0.6) is 0 Å². The van der Waals surface area contributed by atoms with Crippen LogP contribution in [0.2, 0.25) is 0 Å². The predicted octanol–water partition coefficient (Wildman–Crippen LogP) is 4.64. The SMILES string of the molecule is Cc1cc(/C=N\NC(=O)c2ccc(F)cc2)c(C)n1-c1sc2c(c1C(=O)O)CCCC2. The van der Waals surface area contributed by atoms with Crippen LogP contribution in [0.15, 0.2) is 35.4 Å². The number of thiophene rings is 1. The van der Waals surface area contributed by atoms with E-state index in [4.69, 9.17) is 0 Å². The van der Waals surface area contributed by atoms with Gasteiger partial charge in [0.25, 0.3) is 5.91 Å². The molecule has 2 heterocycles. The van der Waals surface area contributed by atoms with Crippen molar-refractivity contribution < 1.29 is 19.1 Å². The Morgan fingerprint density at radius 3 is 2.61 bits per heavy atom. The maximum atomic E-state index is 13.0. The van der Waals surface area contributed by atoms with E-state index in [-0.39, 0.29) is 0 Å². The summed E-state index contributed by atoms with van der Waals surface area (Å²) in [4.78, 5) is 25.4. The average molecular weight is 440 g/mol. The Labute approximate surface area is 183 Å². The van der Waals surface area contributed by atoms with Crippen LogP contribution >= 0.6 is 11.3 Å². The van der Waals surface area contributed by atoms with Gasteiger partial charge in [-0.1, -0.05) is 0 Å². The van der Waals surface area contributed by atoms with Gasteiger partial charge in [-0.25, -0.2) is 14.6 Å². The van der Waals surface area contributed by atoms with Gasteiger partial charge in [-0.3, -0.25) is 4.79 Å². The van der Waals surface area contributed by atoms with E-state index in [9.17, 15) is 19.1 Å². The average Bonchev–Trinajstić information content (AvgIpc) is 3.25. The molecule has 0 spiro atoms. The summed E-state index contributed by atoms with van der Waals surface area (Å²) in [6.07, 6.45) is 5.36. The smallest absolute Gasteiger partial charge is 0.339 e. The first-order valence-corrected chi connectivity index (χ1v) is 10.8. The lowest BCUT2D eigenvalue weighted by atomic mass is 9.95. The zero-order valence-electron chi connectivity index (χ0n) is 17.2. The molecule has 2 aromatic heterocycles. The normalized spacial score (nSPS) is 13.4. The van der Waals surface area contributed by atoms with Gasteiger partial charge in [0.1, 0.15) is 10.8 Å². The van der Waals surface area contributed by atoms with E-state index in [1.54, 1.807) is 11.3 Å². The molecule has 1 aliphatic carbocycles. The Hall–Kier alpha value is -3.26. The zero-order valence-corrected chi connectivity index (χ0v) is 18.1. The number of hydrogen-bond donors (Lipinski definition) is 2. The molecule has 1 amide bonds. The van der Waals surface area contributed by atoms with Crippen molar-refractivity contribution in [2.75, 3.05) is 0 Å². The summed E-state index contributed by atoms with van der Waals surface area (Å²) in [7, 11) is 0. The van der Waals surface area contributed by atoms with E-state index in [0.717, 1.165) is 58.1 Å². The number of amides is 1. The lowest BCUT2D eigenvalue weighted by Crippen LogP contribution is -2.17. The van der Waals surface area contributed by atoms with Crippen molar-refractivity contribution in [3.63, 3.8) is 0 Å². The molecule has 1 aromatic carbocycles. The monoisotopic (exact) mass is 439 g/mol. The van der Waals surface area contributed by atoms with Crippen LogP contribution in [0, 0.1) is 19.7 Å². The molecule has 31 heavy (non-hydrogen) atoms. The second-order valence-corrected chi connectivity index (χ2v) is 8.65. The van der Waals surface area contributed by atoms with Gasteiger partial charge in [0.2, 0.25) is 0 Å². The van der Waals surface area contributed by atoms with Crippen LogP contribution in [0.4, 0.5) is 4.39 Å². The Morgan fingerprint density at radius 1 is 1.19 bits per heavy atom. The molecule has 0 saturated heterocycles. The number of aromatic nitrogens is 1. The summed E-state index contributed by atoms with van der Waals surface area (Å²) in [6.45, 7) is 3.83. The third kappa shape index (κ3) is 4.03. The zero-order chi connectivity index (χ0) is 22.1. The summed E-state index contributed by atoms with van der Waals surface area (Å²) in [5.74, 6) is -1.75. The minimum Gasteiger partial charge on any atom is -0.478 e. The first-order valence-electron chi connectivity index (χ1n) is 10.0. The molecule has 1 aliphatic rings. The first-order chi connectivity index (χ1) is 14.9. The number of carbonyl (C=O) groups excluding carboxylic acids is 1. The van der Waals surface area contributed by atoms with Gasteiger partial charge in [0.15, 0.2) is 0 Å². The lowest BCUT2D eigenvalue weighted by Gasteiger charge is -2.11. The van der Waals surface area contributed by atoms with E-state index in [1.165, 1.54) is 30.5 Å². The maximum absolute atomic E-state index is 13.0. The summed E-state index contributed by atoms with van der Waals surface area (Å²) in [5.41, 5.74) is 6.62. The van der Waals surface area contributed by atoms with Crippen molar-refractivity contribution in [3.8, 4) is 5.00 Å². The molecule has 4 rings (SSSR count). The van der Waals surface area contributed by atoms with Crippen molar-refractivity contribution in [1.82, 2.24) is 9.99 Å². The molecule has 8 heteroatoms. The molecule has 0 unspecified atom stereocenters. The molecule has 0 radical (unpaired) electrons. The quantitative estimate of drug-likeness (QED) is 0.449. The van der Waals surface area contributed by atoms with Gasteiger partial charge in [0, 0.05) is 27.4 Å².